The van der Waals surface area contributed by atoms with Crippen LogP contribution in [0.15, 0.2) is 66.7 Å². The number of rotatable bonds is 11. The maximum Gasteiger partial charge on any atom is 0.311 e. The number of hydrogen-bond acceptors (Lipinski definition) is 5. The number of carboxylic acids is 1. The summed E-state index contributed by atoms with van der Waals surface area (Å²) in [5.41, 5.74) is 2.27. The summed E-state index contributed by atoms with van der Waals surface area (Å²) in [6.45, 7) is 2.22. The SMILES string of the molecule is COCCC(C(=O)O)c1ccc(Oc2ccc(C(=O)NC(C)Cc3ccc(Cl)cc3)cc2)c(C#N)c1. The Morgan fingerprint density at radius 2 is 1.78 bits per heavy atom. The average Bonchev–Trinajstić information content (AvgIpc) is 2.86. The summed E-state index contributed by atoms with van der Waals surface area (Å²) >= 11 is 5.92. The van der Waals surface area contributed by atoms with Gasteiger partial charge in [-0.05, 0) is 79.4 Å². The smallest absolute Gasteiger partial charge is 0.311 e. The van der Waals surface area contributed by atoms with Gasteiger partial charge in [0, 0.05) is 30.3 Å². The molecular formula is C28H27ClN2O5. The fourth-order valence-corrected chi connectivity index (χ4v) is 3.87. The number of benzene rings is 3. The van der Waals surface area contributed by atoms with Crippen LogP contribution in [0.1, 0.15) is 46.3 Å². The lowest BCUT2D eigenvalue weighted by molar-refractivity contribution is -0.139. The number of halogens is 1. The van der Waals surface area contributed by atoms with Crippen molar-refractivity contribution >= 4 is 23.5 Å². The van der Waals surface area contributed by atoms with Crippen molar-refractivity contribution < 1.29 is 24.2 Å². The molecule has 1 amide bonds. The molecule has 3 aromatic rings. The summed E-state index contributed by atoms with van der Waals surface area (Å²) in [4.78, 5) is 24.3. The lowest BCUT2D eigenvalue weighted by Gasteiger charge is -2.15. The fourth-order valence-electron chi connectivity index (χ4n) is 3.74. The zero-order valence-corrected chi connectivity index (χ0v) is 20.8. The van der Waals surface area contributed by atoms with Crippen LogP contribution in [0.5, 0.6) is 11.5 Å². The van der Waals surface area contributed by atoms with Gasteiger partial charge in [0.1, 0.15) is 17.6 Å². The van der Waals surface area contributed by atoms with E-state index in [2.05, 4.69) is 11.4 Å². The average molecular weight is 507 g/mol. The minimum atomic E-state index is -0.985. The molecule has 2 atom stereocenters. The Kier molecular flexibility index (Phi) is 9.46. The highest BCUT2D eigenvalue weighted by atomic mass is 35.5. The fraction of sp³-hybridized carbons (Fsp3) is 0.250. The van der Waals surface area contributed by atoms with Crippen LogP contribution in [0.3, 0.4) is 0 Å². The third-order valence-corrected chi connectivity index (χ3v) is 5.86. The van der Waals surface area contributed by atoms with Gasteiger partial charge in [-0.3, -0.25) is 9.59 Å². The van der Waals surface area contributed by atoms with E-state index in [1.165, 1.54) is 13.2 Å². The number of carboxylic acid groups (broad SMARTS) is 1. The monoisotopic (exact) mass is 506 g/mol. The number of aliphatic carboxylic acids is 1. The van der Waals surface area contributed by atoms with Crippen LogP contribution >= 0.6 is 11.6 Å². The zero-order valence-electron chi connectivity index (χ0n) is 20.0. The lowest BCUT2D eigenvalue weighted by atomic mass is 9.94. The number of nitrogens with zero attached hydrogens (tertiary/aromatic N) is 1. The third-order valence-electron chi connectivity index (χ3n) is 5.61. The Morgan fingerprint density at radius 1 is 1.08 bits per heavy atom. The van der Waals surface area contributed by atoms with E-state index in [9.17, 15) is 20.0 Å². The van der Waals surface area contributed by atoms with E-state index in [0.29, 0.717) is 40.5 Å². The van der Waals surface area contributed by atoms with Gasteiger partial charge in [0.25, 0.3) is 5.91 Å². The molecule has 0 aromatic heterocycles. The number of carbonyl (C=O) groups is 2. The number of hydrogen-bond donors (Lipinski definition) is 2. The molecule has 0 heterocycles. The minimum absolute atomic E-state index is 0.0789. The molecule has 0 fully saturated rings. The highest BCUT2D eigenvalue weighted by Crippen LogP contribution is 2.30. The van der Waals surface area contributed by atoms with Crippen molar-refractivity contribution in [2.45, 2.75) is 31.7 Å². The van der Waals surface area contributed by atoms with Gasteiger partial charge >= 0.3 is 5.97 Å². The van der Waals surface area contributed by atoms with Crippen LogP contribution in [0, 0.1) is 11.3 Å². The third kappa shape index (κ3) is 7.32. The minimum Gasteiger partial charge on any atom is -0.481 e. The van der Waals surface area contributed by atoms with Crippen molar-refractivity contribution in [1.29, 1.82) is 5.26 Å². The summed E-state index contributed by atoms with van der Waals surface area (Å²) in [6.07, 6.45) is 0.962. The molecule has 186 valence electrons. The van der Waals surface area contributed by atoms with Crippen molar-refractivity contribution in [2.75, 3.05) is 13.7 Å². The Bertz CT molecular complexity index is 1240. The van der Waals surface area contributed by atoms with Crippen LogP contribution in [-0.4, -0.2) is 36.7 Å². The summed E-state index contributed by atoms with van der Waals surface area (Å²) in [5, 5.41) is 22.7. The Hall–Kier alpha value is -3.86. The normalized spacial score (nSPS) is 12.3. The highest BCUT2D eigenvalue weighted by molar-refractivity contribution is 6.30. The molecule has 0 bridgehead atoms. The largest absolute Gasteiger partial charge is 0.481 e. The molecule has 0 spiro atoms. The van der Waals surface area contributed by atoms with E-state index in [0.717, 1.165) is 5.56 Å². The molecule has 3 rings (SSSR count). The lowest BCUT2D eigenvalue weighted by Crippen LogP contribution is -2.34. The predicted octanol–water partition coefficient (Wildman–Crippen LogP) is 5.57. The second-order valence-electron chi connectivity index (χ2n) is 8.37. The molecule has 0 saturated carbocycles. The van der Waals surface area contributed by atoms with Crippen LogP contribution in [0.25, 0.3) is 0 Å². The predicted molar refractivity (Wildman–Crippen MR) is 137 cm³/mol. The molecule has 8 heteroatoms. The molecule has 0 aliphatic heterocycles. The zero-order chi connectivity index (χ0) is 26.1. The van der Waals surface area contributed by atoms with Gasteiger partial charge in [0.2, 0.25) is 0 Å². The van der Waals surface area contributed by atoms with Crippen LogP contribution in [0.2, 0.25) is 5.02 Å². The van der Waals surface area contributed by atoms with E-state index >= 15 is 0 Å². The number of nitrogens with one attached hydrogen (secondary N) is 1. The van der Waals surface area contributed by atoms with E-state index in [-0.39, 0.29) is 24.1 Å². The molecule has 0 saturated heterocycles. The molecular weight excluding hydrogens is 480 g/mol. The summed E-state index contributed by atoms with van der Waals surface area (Å²) in [5.74, 6) is -1.24. The summed E-state index contributed by atoms with van der Waals surface area (Å²) < 4.78 is 10.8. The Morgan fingerprint density at radius 3 is 2.39 bits per heavy atom. The molecule has 36 heavy (non-hydrogen) atoms. The number of methoxy groups -OCH3 is 1. The number of carbonyl (C=O) groups excluding carboxylic acids is 1. The van der Waals surface area contributed by atoms with Crippen molar-refractivity contribution in [1.82, 2.24) is 5.32 Å². The Balaban J connectivity index is 1.65. The highest BCUT2D eigenvalue weighted by Gasteiger charge is 2.21. The molecule has 0 aliphatic rings. The van der Waals surface area contributed by atoms with Crippen molar-refractivity contribution in [3.63, 3.8) is 0 Å². The van der Waals surface area contributed by atoms with Crippen LogP contribution < -0.4 is 10.1 Å². The Labute approximate surface area is 215 Å². The van der Waals surface area contributed by atoms with Crippen LogP contribution in [-0.2, 0) is 16.0 Å². The first-order valence-corrected chi connectivity index (χ1v) is 11.8. The number of nitriles is 1. The van der Waals surface area contributed by atoms with Gasteiger partial charge in [-0.2, -0.15) is 5.26 Å². The first kappa shape index (κ1) is 26.7. The maximum absolute atomic E-state index is 12.6. The van der Waals surface area contributed by atoms with Crippen molar-refractivity contribution in [2.24, 2.45) is 0 Å². The summed E-state index contributed by atoms with van der Waals surface area (Å²) in [6, 6.07) is 20.8. The van der Waals surface area contributed by atoms with Crippen LogP contribution in [0.4, 0.5) is 0 Å². The quantitative estimate of drug-likeness (QED) is 0.352. The van der Waals surface area contributed by atoms with Gasteiger partial charge in [-0.1, -0.05) is 29.8 Å². The second kappa shape index (κ2) is 12.7. The maximum atomic E-state index is 12.6. The molecule has 0 aliphatic carbocycles. The first-order chi connectivity index (χ1) is 17.3. The van der Waals surface area contributed by atoms with E-state index < -0.39 is 11.9 Å². The number of ether oxygens (including phenoxy) is 2. The second-order valence-corrected chi connectivity index (χ2v) is 8.81. The molecule has 7 nitrogen and oxygen atoms in total. The van der Waals surface area contributed by atoms with Gasteiger partial charge in [-0.25, -0.2) is 0 Å². The standard InChI is InChI=1S/C28H27ClN2O5/c1-18(15-19-3-8-23(29)9-4-19)31-27(32)20-5-10-24(11-6-20)36-26-12-7-21(16-22(26)17-30)25(28(33)34)13-14-35-2/h3-12,16,18,25H,13-15H2,1-2H3,(H,31,32)(H,33,34). The molecule has 3 aromatic carbocycles. The van der Waals surface area contributed by atoms with Gasteiger partial charge < -0.3 is 19.9 Å². The van der Waals surface area contributed by atoms with Crippen molar-refractivity contribution in [3.05, 3.63) is 94.0 Å². The van der Waals surface area contributed by atoms with E-state index in [1.54, 1.807) is 36.4 Å². The number of amides is 1. The van der Waals surface area contributed by atoms with Gasteiger partial charge in [-0.15, -0.1) is 0 Å². The van der Waals surface area contributed by atoms with Crippen molar-refractivity contribution in [3.8, 4) is 17.6 Å². The molecule has 0 radical (unpaired) electrons. The van der Waals surface area contributed by atoms with E-state index in [4.69, 9.17) is 21.1 Å². The molecule has 2 unspecified atom stereocenters. The van der Waals surface area contributed by atoms with Gasteiger partial charge in [0.15, 0.2) is 0 Å². The van der Waals surface area contributed by atoms with E-state index in [1.807, 2.05) is 31.2 Å². The first-order valence-electron chi connectivity index (χ1n) is 11.4. The molecule has 2 N–H and O–H groups in total. The topological polar surface area (TPSA) is 109 Å². The van der Waals surface area contributed by atoms with Gasteiger partial charge in [0.05, 0.1) is 11.5 Å². The summed E-state index contributed by atoms with van der Waals surface area (Å²) in [7, 11) is 1.51.